The van der Waals surface area contributed by atoms with Gasteiger partial charge in [-0.3, -0.25) is 10.1 Å². The number of imide groups is 1. The van der Waals surface area contributed by atoms with Gasteiger partial charge >= 0.3 is 6.03 Å². The lowest BCUT2D eigenvalue weighted by atomic mass is 9.90. The van der Waals surface area contributed by atoms with Crippen LogP contribution in [0.2, 0.25) is 0 Å². The molecule has 0 saturated carbocycles. The van der Waals surface area contributed by atoms with Gasteiger partial charge in [0, 0.05) is 12.7 Å². The van der Waals surface area contributed by atoms with Crippen molar-refractivity contribution in [3.63, 3.8) is 0 Å². The maximum atomic E-state index is 13.0. The van der Waals surface area contributed by atoms with Gasteiger partial charge in [0.05, 0.1) is 17.5 Å². The number of hydrogen-bond donors (Lipinski definition) is 1. The number of benzene rings is 1. The smallest absolute Gasteiger partial charge is 0.324 e. The first kappa shape index (κ1) is 18.8. The highest BCUT2D eigenvalue weighted by atomic mass is 19.3. The van der Waals surface area contributed by atoms with E-state index < -0.39 is 24.4 Å². The lowest BCUT2D eigenvalue weighted by Crippen LogP contribution is -2.55. The molecule has 2 unspecified atom stereocenters. The molecule has 2 aromatic rings. The van der Waals surface area contributed by atoms with Gasteiger partial charge in [0.25, 0.3) is 6.43 Å². The van der Waals surface area contributed by atoms with E-state index in [4.69, 9.17) is 4.74 Å². The number of hydrogen-bond acceptors (Lipinski definition) is 4. The Balaban J connectivity index is 1.85. The van der Waals surface area contributed by atoms with Crippen LogP contribution in [0.5, 0.6) is 11.6 Å². The molecule has 1 aromatic carbocycles. The molecule has 8 heteroatoms. The Kier molecular flexibility index (Phi) is 5.34. The number of urea groups is 1. The molecule has 1 aliphatic heterocycles. The lowest BCUT2D eigenvalue weighted by molar-refractivity contribution is -0.127. The molecule has 2 atom stereocenters. The number of aromatic nitrogens is 1. The Bertz CT molecular complexity index is 842. The number of rotatable bonds is 5. The van der Waals surface area contributed by atoms with Gasteiger partial charge in [-0.1, -0.05) is 19.1 Å². The van der Waals surface area contributed by atoms with Crippen LogP contribution < -0.4 is 10.1 Å². The summed E-state index contributed by atoms with van der Waals surface area (Å²) in [5.41, 5.74) is 0.469. The summed E-state index contributed by atoms with van der Waals surface area (Å²) >= 11 is 0. The normalized spacial score (nSPS) is 20.0. The number of pyridine rings is 1. The molecular weight excluding hydrogens is 356 g/mol. The van der Waals surface area contributed by atoms with Crippen LogP contribution in [0.1, 0.15) is 37.4 Å². The molecule has 0 radical (unpaired) electrons. The molecular formula is C19H19F2N3O3. The van der Waals surface area contributed by atoms with Gasteiger partial charge in [-0.2, -0.15) is 0 Å². The van der Waals surface area contributed by atoms with E-state index in [1.54, 1.807) is 36.1 Å². The van der Waals surface area contributed by atoms with E-state index in [0.29, 0.717) is 12.3 Å². The molecule has 1 aliphatic rings. The van der Waals surface area contributed by atoms with Crippen molar-refractivity contribution in [3.8, 4) is 11.6 Å². The second-order valence-electron chi connectivity index (χ2n) is 6.18. The average Bonchev–Trinajstić information content (AvgIpc) is 2.65. The number of carbonyl (C=O) groups excluding carboxylic acids is 2. The van der Waals surface area contributed by atoms with Gasteiger partial charge in [-0.25, -0.2) is 18.6 Å². The Morgan fingerprint density at radius 1 is 1.22 bits per heavy atom. The second kappa shape index (κ2) is 7.69. The fourth-order valence-electron chi connectivity index (χ4n) is 3.14. The molecule has 0 aliphatic carbocycles. The van der Waals surface area contributed by atoms with Crippen molar-refractivity contribution in [2.45, 2.75) is 26.3 Å². The average molecular weight is 375 g/mol. The SMILES string of the molecule is CCN1C(=O)NC(=O)C(C)C1c1ccc(Oc2ncccc2C(F)F)cc1. The van der Waals surface area contributed by atoms with Crippen LogP contribution >= 0.6 is 0 Å². The fraction of sp³-hybridized carbons (Fsp3) is 0.316. The van der Waals surface area contributed by atoms with Crippen molar-refractivity contribution < 1.29 is 23.1 Å². The molecule has 1 saturated heterocycles. The first-order valence-electron chi connectivity index (χ1n) is 8.54. The van der Waals surface area contributed by atoms with Crippen LogP contribution in [0.25, 0.3) is 0 Å². The summed E-state index contributed by atoms with van der Waals surface area (Å²) in [5, 5.41) is 2.33. The Morgan fingerprint density at radius 3 is 2.56 bits per heavy atom. The van der Waals surface area contributed by atoms with E-state index in [1.165, 1.54) is 18.3 Å². The predicted molar refractivity (Wildman–Crippen MR) is 93.5 cm³/mol. The molecule has 2 heterocycles. The van der Waals surface area contributed by atoms with Gasteiger partial charge in [0.2, 0.25) is 11.8 Å². The van der Waals surface area contributed by atoms with Crippen LogP contribution in [-0.2, 0) is 4.79 Å². The lowest BCUT2D eigenvalue weighted by Gasteiger charge is -2.38. The third-order valence-corrected chi connectivity index (χ3v) is 4.53. The molecule has 1 aromatic heterocycles. The van der Waals surface area contributed by atoms with Crippen molar-refractivity contribution >= 4 is 11.9 Å². The molecule has 0 bridgehead atoms. The minimum absolute atomic E-state index is 0.156. The predicted octanol–water partition coefficient (Wildman–Crippen LogP) is 4.06. The fourth-order valence-corrected chi connectivity index (χ4v) is 3.14. The summed E-state index contributed by atoms with van der Waals surface area (Å²) in [6.45, 7) is 4.03. The van der Waals surface area contributed by atoms with Crippen LogP contribution in [0.3, 0.4) is 0 Å². The topological polar surface area (TPSA) is 71.5 Å². The summed E-state index contributed by atoms with van der Waals surface area (Å²) in [6.07, 6.45) is -1.32. The molecule has 0 spiro atoms. The number of carbonyl (C=O) groups is 2. The summed E-state index contributed by atoms with van der Waals surface area (Å²) in [5.74, 6) is -0.571. The highest BCUT2D eigenvalue weighted by molar-refractivity contribution is 5.98. The van der Waals surface area contributed by atoms with E-state index in [0.717, 1.165) is 5.56 Å². The molecule has 1 fully saturated rings. The largest absolute Gasteiger partial charge is 0.439 e. The number of nitrogens with zero attached hydrogens (tertiary/aromatic N) is 2. The van der Waals surface area contributed by atoms with Gasteiger partial charge in [-0.05, 0) is 36.8 Å². The maximum absolute atomic E-state index is 13.0. The minimum atomic E-state index is -2.70. The number of amides is 3. The number of alkyl halides is 2. The van der Waals surface area contributed by atoms with Crippen molar-refractivity contribution in [3.05, 3.63) is 53.7 Å². The molecule has 1 N–H and O–H groups in total. The van der Waals surface area contributed by atoms with E-state index >= 15 is 0 Å². The van der Waals surface area contributed by atoms with E-state index in [-0.39, 0.29) is 17.4 Å². The van der Waals surface area contributed by atoms with Crippen molar-refractivity contribution in [2.24, 2.45) is 5.92 Å². The monoisotopic (exact) mass is 375 g/mol. The maximum Gasteiger partial charge on any atom is 0.324 e. The van der Waals surface area contributed by atoms with Crippen LogP contribution in [0.4, 0.5) is 13.6 Å². The van der Waals surface area contributed by atoms with Crippen LogP contribution in [0.15, 0.2) is 42.6 Å². The summed E-state index contributed by atoms with van der Waals surface area (Å²) in [7, 11) is 0. The highest BCUT2D eigenvalue weighted by Gasteiger charge is 2.38. The quantitative estimate of drug-likeness (QED) is 0.855. The van der Waals surface area contributed by atoms with Gasteiger partial charge in [0.1, 0.15) is 5.75 Å². The van der Waals surface area contributed by atoms with Gasteiger partial charge < -0.3 is 9.64 Å². The summed E-state index contributed by atoms with van der Waals surface area (Å²) in [4.78, 5) is 29.5. The van der Waals surface area contributed by atoms with Crippen molar-refractivity contribution in [2.75, 3.05) is 6.54 Å². The number of halogens is 2. The second-order valence-corrected chi connectivity index (χ2v) is 6.18. The third-order valence-electron chi connectivity index (χ3n) is 4.53. The van der Waals surface area contributed by atoms with Crippen molar-refractivity contribution in [1.82, 2.24) is 15.2 Å². The van der Waals surface area contributed by atoms with Gasteiger partial charge in [0.15, 0.2) is 0 Å². The first-order valence-corrected chi connectivity index (χ1v) is 8.54. The Labute approximate surface area is 155 Å². The Hall–Kier alpha value is -3.03. The minimum Gasteiger partial charge on any atom is -0.439 e. The summed E-state index contributed by atoms with van der Waals surface area (Å²) < 4.78 is 31.6. The van der Waals surface area contributed by atoms with E-state index in [9.17, 15) is 18.4 Å². The molecule has 3 amide bonds. The molecule has 142 valence electrons. The number of ether oxygens (including phenoxy) is 1. The molecule has 3 rings (SSSR count). The summed E-state index contributed by atoms with van der Waals surface area (Å²) in [6, 6.07) is 8.50. The number of nitrogens with one attached hydrogen (secondary N) is 1. The third kappa shape index (κ3) is 3.74. The Morgan fingerprint density at radius 2 is 1.93 bits per heavy atom. The van der Waals surface area contributed by atoms with Crippen molar-refractivity contribution in [1.29, 1.82) is 0 Å². The zero-order valence-corrected chi connectivity index (χ0v) is 14.9. The zero-order valence-electron chi connectivity index (χ0n) is 14.9. The van der Waals surface area contributed by atoms with E-state index in [1.807, 2.05) is 6.92 Å². The van der Waals surface area contributed by atoms with Crippen LogP contribution in [0, 0.1) is 5.92 Å². The highest BCUT2D eigenvalue weighted by Crippen LogP contribution is 2.34. The van der Waals surface area contributed by atoms with Gasteiger partial charge in [-0.15, -0.1) is 0 Å². The zero-order chi connectivity index (χ0) is 19.6. The standard InChI is InChI=1S/C19H19F2N3O3/c1-3-24-15(11(2)17(25)23-19(24)26)12-6-8-13(9-7-12)27-18-14(16(20)21)5-4-10-22-18/h4-11,15-16H,3H2,1-2H3,(H,23,25,26). The molecule has 6 nitrogen and oxygen atoms in total. The van der Waals surface area contributed by atoms with Crippen LogP contribution in [-0.4, -0.2) is 28.4 Å². The first-order chi connectivity index (χ1) is 12.9. The van der Waals surface area contributed by atoms with E-state index in [2.05, 4.69) is 10.3 Å². The molecule has 27 heavy (non-hydrogen) atoms.